The zero-order valence-corrected chi connectivity index (χ0v) is 10.4. The highest BCUT2D eigenvalue weighted by atomic mass is 15.2. The van der Waals surface area contributed by atoms with Gasteiger partial charge in [-0.15, -0.1) is 0 Å². The van der Waals surface area contributed by atoms with E-state index in [2.05, 4.69) is 24.1 Å². The average Bonchev–Trinajstić information content (AvgIpc) is 2.75. The Kier molecular flexibility index (Phi) is 6.62. The molecule has 88 valence electrons. The minimum atomic E-state index is 0.557. The van der Waals surface area contributed by atoms with Crippen molar-refractivity contribution in [2.75, 3.05) is 6.54 Å². The molecule has 0 aromatic heterocycles. The Morgan fingerprint density at radius 1 is 1.20 bits per heavy atom. The van der Waals surface area contributed by atoms with Crippen LogP contribution in [0.2, 0.25) is 0 Å². The third-order valence-corrected chi connectivity index (χ3v) is 3.46. The molecule has 2 unspecified atom stereocenters. The van der Waals surface area contributed by atoms with E-state index in [1.54, 1.807) is 0 Å². The Labute approximate surface area is 94.6 Å². The molecule has 0 N–H and O–H groups in total. The summed E-state index contributed by atoms with van der Waals surface area (Å²) in [7, 11) is 0. The van der Waals surface area contributed by atoms with Gasteiger partial charge in [-0.1, -0.05) is 52.4 Å². The molecule has 0 aromatic carbocycles. The van der Waals surface area contributed by atoms with Crippen molar-refractivity contribution in [2.45, 2.75) is 71.3 Å². The van der Waals surface area contributed by atoms with Crippen LogP contribution in [0.15, 0.2) is 10.2 Å². The maximum Gasteiger partial charge on any atom is 0.0729 e. The van der Waals surface area contributed by atoms with E-state index in [1.165, 1.54) is 51.4 Å². The molecule has 15 heavy (non-hydrogen) atoms. The smallest absolute Gasteiger partial charge is 0.0729 e. The molecule has 0 fully saturated rings. The Morgan fingerprint density at radius 3 is 2.67 bits per heavy atom. The number of hydrogen-bond acceptors (Lipinski definition) is 2. The van der Waals surface area contributed by atoms with Gasteiger partial charge in [0, 0.05) is 0 Å². The van der Waals surface area contributed by atoms with Crippen molar-refractivity contribution in [1.29, 1.82) is 0 Å². The second-order valence-electron chi connectivity index (χ2n) is 4.78. The number of rotatable bonds is 8. The van der Waals surface area contributed by atoms with Crippen LogP contribution in [0.4, 0.5) is 0 Å². The van der Waals surface area contributed by atoms with Crippen molar-refractivity contribution in [2.24, 2.45) is 16.1 Å². The van der Waals surface area contributed by atoms with E-state index in [0.717, 1.165) is 12.5 Å². The van der Waals surface area contributed by atoms with E-state index >= 15 is 0 Å². The van der Waals surface area contributed by atoms with Crippen LogP contribution in [-0.4, -0.2) is 12.6 Å². The lowest BCUT2D eigenvalue weighted by atomic mass is 9.91. The number of unbranched alkanes of at least 4 members (excludes halogenated alkanes) is 3. The summed E-state index contributed by atoms with van der Waals surface area (Å²) in [5, 5.41) is 8.38. The zero-order chi connectivity index (χ0) is 10.9. The van der Waals surface area contributed by atoms with Gasteiger partial charge in [0.2, 0.25) is 0 Å². The second-order valence-corrected chi connectivity index (χ2v) is 4.78. The van der Waals surface area contributed by atoms with Crippen molar-refractivity contribution in [3.8, 4) is 0 Å². The molecule has 0 bridgehead atoms. The molecule has 1 rings (SSSR count). The van der Waals surface area contributed by atoms with Crippen LogP contribution in [-0.2, 0) is 0 Å². The van der Waals surface area contributed by atoms with Gasteiger partial charge < -0.3 is 0 Å². The molecule has 1 aliphatic heterocycles. The van der Waals surface area contributed by atoms with Crippen molar-refractivity contribution in [3.05, 3.63) is 0 Å². The summed E-state index contributed by atoms with van der Waals surface area (Å²) in [5.74, 6) is 0.893. The highest BCUT2D eigenvalue weighted by molar-refractivity contribution is 4.74. The van der Waals surface area contributed by atoms with E-state index in [4.69, 9.17) is 0 Å². The van der Waals surface area contributed by atoms with Crippen LogP contribution < -0.4 is 0 Å². The van der Waals surface area contributed by atoms with Crippen LogP contribution in [0.5, 0.6) is 0 Å². The van der Waals surface area contributed by atoms with Gasteiger partial charge in [-0.2, -0.15) is 10.2 Å². The fourth-order valence-electron chi connectivity index (χ4n) is 2.34. The summed E-state index contributed by atoms with van der Waals surface area (Å²) in [5.41, 5.74) is 0. The maximum atomic E-state index is 4.29. The molecule has 0 aliphatic carbocycles. The van der Waals surface area contributed by atoms with E-state index in [1.807, 2.05) is 0 Å². The fraction of sp³-hybridized carbons (Fsp3) is 1.00. The molecule has 2 heteroatoms. The minimum absolute atomic E-state index is 0.557. The predicted octanol–water partition coefficient (Wildman–Crippen LogP) is 4.60. The van der Waals surface area contributed by atoms with Crippen molar-refractivity contribution < 1.29 is 0 Å². The Balaban J connectivity index is 2.09. The van der Waals surface area contributed by atoms with E-state index in [0.29, 0.717) is 6.04 Å². The van der Waals surface area contributed by atoms with Gasteiger partial charge in [0.15, 0.2) is 0 Å². The minimum Gasteiger partial charge on any atom is -0.194 e. The van der Waals surface area contributed by atoms with Gasteiger partial charge in [-0.3, -0.25) is 0 Å². The quantitative estimate of drug-likeness (QED) is 0.523. The molecular formula is C13H26N2. The van der Waals surface area contributed by atoms with Crippen molar-refractivity contribution in [3.63, 3.8) is 0 Å². The van der Waals surface area contributed by atoms with E-state index < -0.39 is 0 Å². The topological polar surface area (TPSA) is 24.7 Å². The standard InChI is InChI=1S/C13H26N2/c1-3-5-6-7-8-12(4-2)11-13-9-10-14-15-13/h12-13H,3-11H2,1-2H3. The van der Waals surface area contributed by atoms with Crippen LogP contribution in [0.25, 0.3) is 0 Å². The first-order chi connectivity index (χ1) is 7.36. The lowest BCUT2D eigenvalue weighted by molar-refractivity contribution is 0.381. The van der Waals surface area contributed by atoms with Gasteiger partial charge in [0.25, 0.3) is 0 Å². The summed E-state index contributed by atoms with van der Waals surface area (Å²) in [6, 6.07) is 0.557. The lowest BCUT2D eigenvalue weighted by Gasteiger charge is -2.16. The van der Waals surface area contributed by atoms with Gasteiger partial charge >= 0.3 is 0 Å². The predicted molar refractivity (Wildman–Crippen MR) is 65.3 cm³/mol. The Bertz CT molecular complexity index is 177. The molecule has 0 radical (unpaired) electrons. The number of nitrogens with zero attached hydrogens (tertiary/aromatic N) is 2. The fourth-order valence-corrected chi connectivity index (χ4v) is 2.34. The molecule has 2 atom stereocenters. The van der Waals surface area contributed by atoms with Crippen LogP contribution in [0.1, 0.15) is 65.2 Å². The van der Waals surface area contributed by atoms with E-state index in [-0.39, 0.29) is 0 Å². The lowest BCUT2D eigenvalue weighted by Crippen LogP contribution is -2.09. The molecule has 0 spiro atoms. The highest BCUT2D eigenvalue weighted by Crippen LogP contribution is 2.24. The molecule has 1 aliphatic rings. The highest BCUT2D eigenvalue weighted by Gasteiger charge is 2.17. The first kappa shape index (κ1) is 12.7. The van der Waals surface area contributed by atoms with Crippen LogP contribution in [0, 0.1) is 5.92 Å². The molecule has 2 nitrogen and oxygen atoms in total. The van der Waals surface area contributed by atoms with Crippen LogP contribution >= 0.6 is 0 Å². The molecule has 0 saturated heterocycles. The zero-order valence-electron chi connectivity index (χ0n) is 10.4. The normalized spacial score (nSPS) is 22.1. The van der Waals surface area contributed by atoms with Crippen LogP contribution in [0.3, 0.4) is 0 Å². The molecule has 0 aromatic rings. The molecule has 1 heterocycles. The first-order valence-corrected chi connectivity index (χ1v) is 6.73. The van der Waals surface area contributed by atoms with Gasteiger partial charge in [-0.05, 0) is 18.8 Å². The molecular weight excluding hydrogens is 184 g/mol. The van der Waals surface area contributed by atoms with Gasteiger partial charge in [0.1, 0.15) is 0 Å². The Morgan fingerprint density at radius 2 is 2.07 bits per heavy atom. The third-order valence-electron chi connectivity index (χ3n) is 3.46. The Hall–Kier alpha value is -0.400. The van der Waals surface area contributed by atoms with Crippen molar-refractivity contribution in [1.82, 2.24) is 0 Å². The average molecular weight is 210 g/mol. The summed E-state index contributed by atoms with van der Waals surface area (Å²) in [6.45, 7) is 5.56. The summed E-state index contributed by atoms with van der Waals surface area (Å²) >= 11 is 0. The number of azo groups is 1. The summed E-state index contributed by atoms with van der Waals surface area (Å²) in [4.78, 5) is 0. The summed E-state index contributed by atoms with van der Waals surface area (Å²) in [6.07, 6.45) is 10.8. The SMILES string of the molecule is CCCCCCC(CC)CC1CCN=N1. The monoisotopic (exact) mass is 210 g/mol. The van der Waals surface area contributed by atoms with E-state index in [9.17, 15) is 0 Å². The number of hydrogen-bond donors (Lipinski definition) is 0. The molecule has 0 saturated carbocycles. The summed E-state index contributed by atoms with van der Waals surface area (Å²) < 4.78 is 0. The van der Waals surface area contributed by atoms with Gasteiger partial charge in [-0.25, -0.2) is 0 Å². The largest absolute Gasteiger partial charge is 0.194 e. The maximum absolute atomic E-state index is 4.29. The van der Waals surface area contributed by atoms with Gasteiger partial charge in [0.05, 0.1) is 12.6 Å². The first-order valence-electron chi connectivity index (χ1n) is 6.73. The van der Waals surface area contributed by atoms with Crippen molar-refractivity contribution >= 4 is 0 Å². The molecule has 0 amide bonds. The second kappa shape index (κ2) is 7.84. The third kappa shape index (κ3) is 5.29.